The van der Waals surface area contributed by atoms with Crippen LogP contribution in [0, 0.1) is 0 Å². The smallest absolute Gasteiger partial charge is 0.372 e. The van der Waals surface area contributed by atoms with Crippen LogP contribution in [0.25, 0.3) is 10.2 Å². The molecular formula is C15H11N3O4S. The molecule has 0 fully saturated rings. The fraction of sp³-hybridized carbons (Fsp3) is 0.0667. The summed E-state index contributed by atoms with van der Waals surface area (Å²) in [4.78, 5) is 41.4. The normalized spacial score (nSPS) is 10.6. The second-order valence-corrected chi connectivity index (χ2v) is 5.57. The van der Waals surface area contributed by atoms with Crippen LogP contribution in [-0.2, 0) is 6.54 Å². The molecule has 0 aliphatic heterocycles. The first kappa shape index (κ1) is 14.9. The van der Waals surface area contributed by atoms with Crippen LogP contribution in [0.3, 0.4) is 0 Å². The number of hydrogen-bond acceptors (Lipinski definition) is 5. The predicted octanol–water partition coefficient (Wildman–Crippen LogP) is 1.61. The lowest BCUT2D eigenvalue weighted by atomic mass is 10.2. The van der Waals surface area contributed by atoms with Crippen molar-refractivity contribution in [3.8, 4) is 0 Å². The third-order valence-corrected chi connectivity index (χ3v) is 4.12. The third kappa shape index (κ3) is 2.97. The maximum absolute atomic E-state index is 12.0. The number of aromatic nitrogens is 2. The van der Waals surface area contributed by atoms with Gasteiger partial charge in [-0.15, -0.1) is 11.3 Å². The van der Waals surface area contributed by atoms with Gasteiger partial charge in [0.15, 0.2) is 0 Å². The average molecular weight is 329 g/mol. The number of thiophene rings is 1. The minimum absolute atomic E-state index is 0.158. The van der Waals surface area contributed by atoms with E-state index in [9.17, 15) is 14.4 Å². The van der Waals surface area contributed by atoms with Gasteiger partial charge < -0.3 is 15.4 Å². The van der Waals surface area contributed by atoms with Crippen LogP contribution in [0.2, 0.25) is 0 Å². The zero-order valence-electron chi connectivity index (χ0n) is 11.7. The number of benzene rings is 1. The molecule has 2 aromatic heterocycles. The summed E-state index contributed by atoms with van der Waals surface area (Å²) in [6.07, 6.45) is 0. The van der Waals surface area contributed by atoms with Crippen molar-refractivity contribution < 1.29 is 14.7 Å². The van der Waals surface area contributed by atoms with Crippen molar-refractivity contribution in [3.05, 3.63) is 63.0 Å². The fourth-order valence-corrected chi connectivity index (χ4v) is 3.05. The van der Waals surface area contributed by atoms with Crippen LogP contribution >= 0.6 is 11.3 Å². The van der Waals surface area contributed by atoms with Crippen molar-refractivity contribution in [3.63, 3.8) is 0 Å². The molecule has 0 aliphatic carbocycles. The molecule has 0 saturated carbocycles. The second-order valence-electron chi connectivity index (χ2n) is 4.71. The second kappa shape index (κ2) is 6.01. The van der Waals surface area contributed by atoms with Crippen molar-refractivity contribution in [1.82, 2.24) is 15.3 Å². The predicted molar refractivity (Wildman–Crippen MR) is 84.8 cm³/mol. The Balaban J connectivity index is 1.86. The van der Waals surface area contributed by atoms with Gasteiger partial charge in [-0.05, 0) is 23.1 Å². The van der Waals surface area contributed by atoms with E-state index in [2.05, 4.69) is 15.3 Å². The van der Waals surface area contributed by atoms with Crippen molar-refractivity contribution in [2.75, 3.05) is 0 Å². The molecule has 23 heavy (non-hydrogen) atoms. The number of hydrogen-bond donors (Lipinski definition) is 3. The summed E-state index contributed by atoms with van der Waals surface area (Å²) in [5.74, 6) is -1.95. The van der Waals surface area contributed by atoms with Crippen LogP contribution in [-0.4, -0.2) is 27.0 Å². The topological polar surface area (TPSA) is 112 Å². The van der Waals surface area contributed by atoms with Crippen LogP contribution in [0.4, 0.5) is 0 Å². The van der Waals surface area contributed by atoms with Gasteiger partial charge >= 0.3 is 5.97 Å². The number of nitrogens with one attached hydrogen (secondary N) is 2. The van der Waals surface area contributed by atoms with Gasteiger partial charge in [0.2, 0.25) is 5.82 Å². The summed E-state index contributed by atoms with van der Waals surface area (Å²) in [5, 5.41) is 13.6. The van der Waals surface area contributed by atoms with E-state index in [1.807, 2.05) is 6.07 Å². The van der Waals surface area contributed by atoms with Gasteiger partial charge in [-0.1, -0.05) is 18.2 Å². The number of nitrogens with zero attached hydrogens (tertiary/aromatic N) is 1. The van der Waals surface area contributed by atoms with E-state index in [0.717, 1.165) is 11.3 Å². The van der Waals surface area contributed by atoms with Crippen molar-refractivity contribution >= 4 is 33.4 Å². The zero-order valence-corrected chi connectivity index (χ0v) is 12.5. The monoisotopic (exact) mass is 329 g/mol. The van der Waals surface area contributed by atoms with Gasteiger partial charge in [0.25, 0.3) is 11.5 Å². The van der Waals surface area contributed by atoms with Gasteiger partial charge in [0.1, 0.15) is 4.83 Å². The van der Waals surface area contributed by atoms with Gasteiger partial charge in [-0.3, -0.25) is 9.59 Å². The van der Waals surface area contributed by atoms with E-state index in [-0.39, 0.29) is 12.5 Å². The molecule has 3 aromatic rings. The molecule has 1 aromatic carbocycles. The Kier molecular flexibility index (Phi) is 3.90. The number of rotatable bonds is 4. The SMILES string of the molecule is O=C(NCc1csc2nc(C(=O)O)[nH]c(=O)c12)c1ccccc1. The number of aromatic carboxylic acids is 1. The summed E-state index contributed by atoms with van der Waals surface area (Å²) in [6, 6.07) is 8.71. The van der Waals surface area contributed by atoms with E-state index in [1.165, 1.54) is 0 Å². The van der Waals surface area contributed by atoms with E-state index in [4.69, 9.17) is 5.11 Å². The maximum Gasteiger partial charge on any atom is 0.372 e. The molecule has 7 nitrogen and oxygen atoms in total. The number of carboxylic acid groups (broad SMARTS) is 1. The lowest BCUT2D eigenvalue weighted by molar-refractivity contribution is 0.0683. The largest absolute Gasteiger partial charge is 0.475 e. The highest BCUT2D eigenvalue weighted by Gasteiger charge is 2.15. The molecule has 0 radical (unpaired) electrons. The van der Waals surface area contributed by atoms with E-state index in [1.54, 1.807) is 29.6 Å². The highest BCUT2D eigenvalue weighted by molar-refractivity contribution is 7.16. The number of fused-ring (bicyclic) bond motifs is 1. The first-order valence-corrected chi connectivity index (χ1v) is 7.51. The highest BCUT2D eigenvalue weighted by atomic mass is 32.1. The molecule has 0 unspecified atom stereocenters. The number of aromatic amines is 1. The Morgan fingerprint density at radius 1 is 1.26 bits per heavy atom. The molecule has 3 N–H and O–H groups in total. The van der Waals surface area contributed by atoms with Gasteiger partial charge in [-0.25, -0.2) is 9.78 Å². The molecule has 0 spiro atoms. The van der Waals surface area contributed by atoms with Crippen molar-refractivity contribution in [1.29, 1.82) is 0 Å². The zero-order chi connectivity index (χ0) is 16.4. The standard InChI is InChI=1S/C15H11N3O4S/c19-12(8-4-2-1-3-5-8)16-6-9-7-23-14-10(9)13(20)17-11(18-14)15(21)22/h1-5,7H,6H2,(H,16,19)(H,21,22)(H,17,18,20). The van der Waals surface area contributed by atoms with Crippen LogP contribution in [0.1, 0.15) is 26.5 Å². The van der Waals surface area contributed by atoms with Gasteiger partial charge in [-0.2, -0.15) is 0 Å². The van der Waals surface area contributed by atoms with Gasteiger partial charge in [0.05, 0.1) is 5.39 Å². The van der Waals surface area contributed by atoms with Crippen molar-refractivity contribution in [2.45, 2.75) is 6.54 Å². The summed E-state index contributed by atoms with van der Waals surface area (Å²) in [5.41, 5.74) is 0.588. The summed E-state index contributed by atoms with van der Waals surface area (Å²) >= 11 is 1.16. The van der Waals surface area contributed by atoms with Crippen LogP contribution in [0.5, 0.6) is 0 Å². The van der Waals surface area contributed by atoms with E-state index >= 15 is 0 Å². The van der Waals surface area contributed by atoms with Gasteiger partial charge in [0, 0.05) is 12.1 Å². The molecule has 116 valence electrons. The first-order valence-electron chi connectivity index (χ1n) is 6.63. The molecule has 1 amide bonds. The quantitative estimate of drug-likeness (QED) is 0.673. The lowest BCUT2D eigenvalue weighted by Gasteiger charge is -2.04. The molecule has 8 heteroatoms. The molecule has 0 aliphatic rings. The highest BCUT2D eigenvalue weighted by Crippen LogP contribution is 2.21. The van der Waals surface area contributed by atoms with Crippen LogP contribution in [0.15, 0.2) is 40.5 Å². The molecule has 2 heterocycles. The summed E-state index contributed by atoms with van der Waals surface area (Å²) in [6.45, 7) is 0.158. The Morgan fingerprint density at radius 2 is 2.00 bits per heavy atom. The minimum Gasteiger partial charge on any atom is -0.475 e. The fourth-order valence-electron chi connectivity index (χ4n) is 2.11. The Hall–Kier alpha value is -3.00. The molecular weight excluding hydrogens is 318 g/mol. The third-order valence-electron chi connectivity index (χ3n) is 3.20. The number of amides is 1. The Morgan fingerprint density at radius 3 is 2.70 bits per heavy atom. The molecule has 0 atom stereocenters. The van der Waals surface area contributed by atoms with Crippen LogP contribution < -0.4 is 10.9 Å². The Labute approximate surface area is 133 Å². The Bertz CT molecular complexity index is 946. The number of carboxylic acids is 1. The summed E-state index contributed by atoms with van der Waals surface area (Å²) in [7, 11) is 0. The number of carbonyl (C=O) groups excluding carboxylic acids is 1. The number of carbonyl (C=O) groups is 2. The molecule has 3 rings (SSSR count). The molecule has 0 bridgehead atoms. The van der Waals surface area contributed by atoms with Crippen molar-refractivity contribution in [2.24, 2.45) is 0 Å². The first-order chi connectivity index (χ1) is 11.1. The minimum atomic E-state index is -1.30. The number of H-pyrrole nitrogens is 1. The molecule has 0 saturated heterocycles. The van der Waals surface area contributed by atoms with E-state index < -0.39 is 17.4 Å². The average Bonchev–Trinajstić information content (AvgIpc) is 2.97. The maximum atomic E-state index is 12.0. The summed E-state index contributed by atoms with van der Waals surface area (Å²) < 4.78 is 0. The van der Waals surface area contributed by atoms with E-state index in [0.29, 0.717) is 21.3 Å². The lowest BCUT2D eigenvalue weighted by Crippen LogP contribution is -2.23.